The lowest BCUT2D eigenvalue weighted by Crippen LogP contribution is -2.43. The van der Waals surface area contributed by atoms with Crippen molar-refractivity contribution in [1.82, 2.24) is 9.62 Å². The fourth-order valence-corrected chi connectivity index (χ4v) is 4.93. The highest BCUT2D eigenvalue weighted by atomic mass is 32.2. The highest BCUT2D eigenvalue weighted by Crippen LogP contribution is 2.23. The molecular weight excluding hydrogens is 342 g/mol. The molecule has 1 aromatic rings. The van der Waals surface area contributed by atoms with Gasteiger partial charge in [0, 0.05) is 25.2 Å². The SMILES string of the molecule is NC1CCC(NC(=O)c2ccccc2S(=O)(=O)N2CCOCC2)CC1. The summed E-state index contributed by atoms with van der Waals surface area (Å²) in [6.45, 7) is 1.35. The second-order valence-electron chi connectivity index (χ2n) is 6.60. The third-order valence-electron chi connectivity index (χ3n) is 4.83. The van der Waals surface area contributed by atoms with Gasteiger partial charge in [0.1, 0.15) is 0 Å². The Morgan fingerprint density at radius 1 is 1.12 bits per heavy atom. The number of sulfonamides is 1. The number of hydrogen-bond acceptors (Lipinski definition) is 5. The van der Waals surface area contributed by atoms with Crippen LogP contribution in [0.4, 0.5) is 0 Å². The van der Waals surface area contributed by atoms with Crippen molar-refractivity contribution in [3.63, 3.8) is 0 Å². The predicted molar refractivity (Wildman–Crippen MR) is 93.7 cm³/mol. The van der Waals surface area contributed by atoms with Crippen LogP contribution in [0, 0.1) is 0 Å². The van der Waals surface area contributed by atoms with Gasteiger partial charge in [-0.05, 0) is 37.8 Å². The zero-order chi connectivity index (χ0) is 17.9. The van der Waals surface area contributed by atoms with Gasteiger partial charge in [-0.15, -0.1) is 0 Å². The standard InChI is InChI=1S/C17H25N3O4S/c18-13-5-7-14(8-6-13)19-17(21)15-3-1-2-4-16(15)25(22,23)20-9-11-24-12-10-20/h1-4,13-14H,5-12,18H2,(H,19,21). The lowest BCUT2D eigenvalue weighted by molar-refractivity contribution is 0.0729. The minimum absolute atomic E-state index is 0.0476. The van der Waals surface area contributed by atoms with Crippen molar-refractivity contribution in [2.45, 2.75) is 42.7 Å². The molecule has 0 bridgehead atoms. The number of morpholine rings is 1. The van der Waals surface area contributed by atoms with E-state index in [4.69, 9.17) is 10.5 Å². The van der Waals surface area contributed by atoms with Gasteiger partial charge in [-0.3, -0.25) is 4.79 Å². The number of benzene rings is 1. The van der Waals surface area contributed by atoms with Crippen LogP contribution in [0.25, 0.3) is 0 Å². The first kappa shape index (κ1) is 18.3. The zero-order valence-corrected chi connectivity index (χ0v) is 15.0. The third-order valence-corrected chi connectivity index (χ3v) is 6.78. The molecule has 7 nitrogen and oxygen atoms in total. The first-order valence-corrected chi connectivity index (χ1v) is 10.2. The summed E-state index contributed by atoms with van der Waals surface area (Å²) in [7, 11) is -3.71. The molecule has 8 heteroatoms. The van der Waals surface area contributed by atoms with Gasteiger partial charge in [-0.1, -0.05) is 12.1 Å². The summed E-state index contributed by atoms with van der Waals surface area (Å²) in [5, 5.41) is 2.97. The normalized spacial score (nSPS) is 25.5. The van der Waals surface area contributed by atoms with E-state index < -0.39 is 10.0 Å². The van der Waals surface area contributed by atoms with E-state index in [1.165, 1.54) is 10.4 Å². The molecule has 2 fully saturated rings. The first-order valence-electron chi connectivity index (χ1n) is 8.72. The number of nitrogens with zero attached hydrogens (tertiary/aromatic N) is 1. The smallest absolute Gasteiger partial charge is 0.252 e. The van der Waals surface area contributed by atoms with E-state index in [2.05, 4.69) is 5.32 Å². The molecule has 1 amide bonds. The summed E-state index contributed by atoms with van der Waals surface area (Å²) in [6, 6.07) is 6.63. The minimum atomic E-state index is -3.71. The number of rotatable bonds is 4. The average Bonchev–Trinajstić information content (AvgIpc) is 2.64. The van der Waals surface area contributed by atoms with Crippen LogP contribution >= 0.6 is 0 Å². The number of carbonyl (C=O) groups is 1. The Labute approximate surface area is 148 Å². The second kappa shape index (κ2) is 7.82. The van der Waals surface area contributed by atoms with E-state index in [9.17, 15) is 13.2 Å². The number of amides is 1. The number of ether oxygens (including phenoxy) is 1. The van der Waals surface area contributed by atoms with E-state index in [1.54, 1.807) is 18.2 Å². The predicted octanol–water partition coefficient (Wildman–Crippen LogP) is 0.707. The molecule has 0 unspecified atom stereocenters. The molecule has 1 aliphatic carbocycles. The first-order chi connectivity index (χ1) is 12.0. The maximum atomic E-state index is 12.9. The Balaban J connectivity index is 1.79. The van der Waals surface area contributed by atoms with Crippen molar-refractivity contribution >= 4 is 15.9 Å². The zero-order valence-electron chi connectivity index (χ0n) is 14.2. The molecule has 1 aromatic carbocycles. The molecule has 25 heavy (non-hydrogen) atoms. The fourth-order valence-electron chi connectivity index (χ4n) is 3.33. The van der Waals surface area contributed by atoms with Gasteiger partial charge in [0.25, 0.3) is 5.91 Å². The summed E-state index contributed by atoms with van der Waals surface area (Å²) in [5.41, 5.74) is 6.09. The van der Waals surface area contributed by atoms with Gasteiger partial charge >= 0.3 is 0 Å². The molecule has 0 atom stereocenters. The second-order valence-corrected chi connectivity index (χ2v) is 8.50. The molecule has 0 radical (unpaired) electrons. The van der Waals surface area contributed by atoms with Crippen molar-refractivity contribution in [1.29, 1.82) is 0 Å². The van der Waals surface area contributed by atoms with Crippen LogP contribution in [-0.4, -0.2) is 57.0 Å². The van der Waals surface area contributed by atoms with Gasteiger partial charge in [0.05, 0.1) is 23.7 Å². The summed E-state index contributed by atoms with van der Waals surface area (Å²) in [5.74, 6) is -0.340. The van der Waals surface area contributed by atoms with Crippen LogP contribution in [0.3, 0.4) is 0 Å². The van der Waals surface area contributed by atoms with Crippen molar-refractivity contribution in [3.8, 4) is 0 Å². The Morgan fingerprint density at radius 3 is 2.44 bits per heavy atom. The van der Waals surface area contributed by atoms with Crippen molar-refractivity contribution in [2.24, 2.45) is 5.73 Å². The highest BCUT2D eigenvalue weighted by molar-refractivity contribution is 7.89. The molecule has 0 aromatic heterocycles. The molecule has 1 aliphatic heterocycles. The minimum Gasteiger partial charge on any atom is -0.379 e. The van der Waals surface area contributed by atoms with Crippen molar-refractivity contribution in [2.75, 3.05) is 26.3 Å². The number of carbonyl (C=O) groups excluding carboxylic acids is 1. The van der Waals surface area contributed by atoms with Gasteiger partial charge in [-0.2, -0.15) is 4.31 Å². The molecular formula is C17H25N3O4S. The third kappa shape index (κ3) is 4.20. The van der Waals surface area contributed by atoms with Gasteiger partial charge < -0.3 is 15.8 Å². The maximum absolute atomic E-state index is 12.9. The quantitative estimate of drug-likeness (QED) is 0.816. The molecule has 138 valence electrons. The summed E-state index contributed by atoms with van der Waals surface area (Å²) >= 11 is 0. The van der Waals surface area contributed by atoms with E-state index in [0.29, 0.717) is 26.3 Å². The molecule has 3 rings (SSSR count). The van der Waals surface area contributed by atoms with E-state index in [-0.39, 0.29) is 28.4 Å². The Kier molecular flexibility index (Phi) is 5.73. The monoisotopic (exact) mass is 367 g/mol. The Hall–Kier alpha value is -1.48. The Morgan fingerprint density at radius 2 is 1.76 bits per heavy atom. The van der Waals surface area contributed by atoms with Crippen LogP contribution in [0.2, 0.25) is 0 Å². The molecule has 0 spiro atoms. The molecule has 1 heterocycles. The van der Waals surface area contributed by atoms with Crippen LogP contribution in [-0.2, 0) is 14.8 Å². The number of hydrogen-bond donors (Lipinski definition) is 2. The topological polar surface area (TPSA) is 102 Å². The van der Waals surface area contributed by atoms with Crippen molar-refractivity contribution < 1.29 is 17.9 Å². The number of nitrogens with two attached hydrogens (primary N) is 1. The Bertz CT molecular complexity index is 708. The molecule has 3 N–H and O–H groups in total. The van der Waals surface area contributed by atoms with E-state index in [1.807, 2.05) is 0 Å². The highest BCUT2D eigenvalue weighted by Gasteiger charge is 2.30. The van der Waals surface area contributed by atoms with Crippen LogP contribution in [0.15, 0.2) is 29.2 Å². The molecule has 1 saturated carbocycles. The lowest BCUT2D eigenvalue weighted by Gasteiger charge is -2.28. The van der Waals surface area contributed by atoms with Gasteiger partial charge in [0.2, 0.25) is 10.0 Å². The van der Waals surface area contributed by atoms with Crippen LogP contribution < -0.4 is 11.1 Å². The van der Waals surface area contributed by atoms with Gasteiger partial charge in [0.15, 0.2) is 0 Å². The molecule has 1 saturated heterocycles. The lowest BCUT2D eigenvalue weighted by atomic mass is 9.91. The summed E-state index contributed by atoms with van der Waals surface area (Å²) in [4.78, 5) is 12.8. The summed E-state index contributed by atoms with van der Waals surface area (Å²) in [6.07, 6.45) is 3.40. The van der Waals surface area contributed by atoms with Gasteiger partial charge in [-0.25, -0.2) is 8.42 Å². The summed E-state index contributed by atoms with van der Waals surface area (Å²) < 4.78 is 32.4. The average molecular weight is 367 g/mol. The van der Waals surface area contributed by atoms with E-state index >= 15 is 0 Å². The fraction of sp³-hybridized carbons (Fsp3) is 0.588. The van der Waals surface area contributed by atoms with Crippen LogP contribution in [0.1, 0.15) is 36.0 Å². The van der Waals surface area contributed by atoms with Crippen LogP contribution in [0.5, 0.6) is 0 Å². The van der Waals surface area contributed by atoms with E-state index in [0.717, 1.165) is 25.7 Å². The molecule has 2 aliphatic rings. The number of nitrogens with one attached hydrogen (secondary N) is 1. The van der Waals surface area contributed by atoms with Crippen molar-refractivity contribution in [3.05, 3.63) is 29.8 Å². The maximum Gasteiger partial charge on any atom is 0.252 e. The largest absolute Gasteiger partial charge is 0.379 e.